The normalized spacial score (nSPS) is 9.90. The number of rotatable bonds is 1. The first kappa shape index (κ1) is 8.74. The summed E-state index contributed by atoms with van der Waals surface area (Å²) >= 11 is 11.1. The van der Waals surface area contributed by atoms with Crippen LogP contribution in [-0.2, 0) is 5.88 Å². The Morgan fingerprint density at radius 1 is 1.60 bits per heavy atom. The fraction of sp³-hybridized carbons (Fsp3) is 0.167. The summed E-state index contributed by atoms with van der Waals surface area (Å²) in [4.78, 5) is 4.13. The fourth-order valence-corrected chi connectivity index (χ4v) is 2.22. The van der Waals surface area contributed by atoms with Gasteiger partial charge in [0.2, 0.25) is 0 Å². The van der Waals surface area contributed by atoms with E-state index in [1.807, 2.05) is 12.1 Å². The molecule has 0 spiro atoms. The summed E-state index contributed by atoms with van der Waals surface area (Å²) in [7, 11) is 0. The number of halogens is 3. The molecular formula is C6H4BrClIN. The Bertz CT molecular complexity index is 221. The van der Waals surface area contributed by atoms with Crippen molar-refractivity contribution in [1.29, 1.82) is 0 Å². The first-order valence-corrected chi connectivity index (χ1v) is 5.01. The minimum absolute atomic E-state index is 0.539. The Kier molecular flexibility index (Phi) is 3.39. The van der Waals surface area contributed by atoms with Crippen LogP contribution in [-0.4, -0.2) is 4.98 Å². The van der Waals surface area contributed by atoms with Gasteiger partial charge in [0, 0.05) is 5.88 Å². The van der Waals surface area contributed by atoms with Crippen LogP contribution in [0, 0.1) is 3.70 Å². The summed E-state index contributed by atoms with van der Waals surface area (Å²) in [6.45, 7) is 0. The summed E-state index contributed by atoms with van der Waals surface area (Å²) in [5.74, 6) is 0.539. The molecule has 0 aliphatic rings. The molecule has 0 amide bonds. The predicted molar refractivity (Wildman–Crippen MR) is 54.2 cm³/mol. The number of pyridine rings is 1. The van der Waals surface area contributed by atoms with Gasteiger partial charge in [-0.2, -0.15) is 0 Å². The van der Waals surface area contributed by atoms with Gasteiger partial charge in [-0.05, 0) is 56.2 Å². The number of nitrogens with zero attached hydrogens (tertiary/aromatic N) is 1. The average Bonchev–Trinajstić information content (AvgIpc) is 1.85. The van der Waals surface area contributed by atoms with Gasteiger partial charge in [-0.1, -0.05) is 0 Å². The molecule has 0 saturated carbocycles. The van der Waals surface area contributed by atoms with Gasteiger partial charge in [0.25, 0.3) is 0 Å². The third-order valence-corrected chi connectivity index (χ3v) is 2.24. The highest BCUT2D eigenvalue weighted by atomic mass is 127. The van der Waals surface area contributed by atoms with Crippen LogP contribution in [0.15, 0.2) is 16.7 Å². The van der Waals surface area contributed by atoms with Gasteiger partial charge < -0.3 is 0 Å². The Labute approximate surface area is 86.4 Å². The zero-order valence-corrected chi connectivity index (χ0v) is 9.44. The molecule has 1 nitrogen and oxygen atoms in total. The molecule has 0 atom stereocenters. The zero-order valence-electron chi connectivity index (χ0n) is 4.94. The molecule has 0 saturated heterocycles. The molecule has 0 radical (unpaired) electrons. The minimum Gasteiger partial charge on any atom is -0.235 e. The Hall–Kier alpha value is 0.650. The van der Waals surface area contributed by atoms with Crippen molar-refractivity contribution in [2.24, 2.45) is 0 Å². The van der Waals surface area contributed by atoms with Gasteiger partial charge in [0.05, 0.1) is 0 Å². The Balaban J connectivity index is 3.06. The van der Waals surface area contributed by atoms with Crippen molar-refractivity contribution in [2.45, 2.75) is 5.88 Å². The molecule has 0 aromatic carbocycles. The Morgan fingerprint density at radius 2 is 2.30 bits per heavy atom. The van der Waals surface area contributed by atoms with Crippen molar-refractivity contribution >= 4 is 50.1 Å². The lowest BCUT2D eigenvalue weighted by Crippen LogP contribution is -1.85. The third kappa shape index (κ3) is 2.36. The van der Waals surface area contributed by atoms with E-state index in [-0.39, 0.29) is 0 Å². The van der Waals surface area contributed by atoms with Crippen molar-refractivity contribution in [2.75, 3.05) is 0 Å². The summed E-state index contributed by atoms with van der Waals surface area (Å²) in [6, 6.07) is 3.87. The van der Waals surface area contributed by atoms with Gasteiger partial charge in [-0.25, -0.2) is 4.98 Å². The highest BCUT2D eigenvalue weighted by molar-refractivity contribution is 14.1. The van der Waals surface area contributed by atoms with Crippen LogP contribution in [0.5, 0.6) is 0 Å². The van der Waals surface area contributed by atoms with Gasteiger partial charge in [0.15, 0.2) is 0 Å². The van der Waals surface area contributed by atoms with E-state index >= 15 is 0 Å². The molecule has 0 aliphatic heterocycles. The first-order chi connectivity index (χ1) is 4.72. The maximum absolute atomic E-state index is 5.62. The largest absolute Gasteiger partial charge is 0.235 e. The SMILES string of the molecule is ClCc1cc(Br)nc(I)c1. The minimum atomic E-state index is 0.539. The van der Waals surface area contributed by atoms with E-state index in [1.165, 1.54) is 0 Å². The molecule has 4 heteroatoms. The highest BCUT2D eigenvalue weighted by Gasteiger charge is 1.95. The lowest BCUT2D eigenvalue weighted by atomic mass is 10.3. The topological polar surface area (TPSA) is 12.9 Å². The predicted octanol–water partition coefficient (Wildman–Crippen LogP) is 3.19. The lowest BCUT2D eigenvalue weighted by molar-refractivity contribution is 1.18. The summed E-state index contributed by atoms with van der Waals surface area (Å²) < 4.78 is 1.80. The van der Waals surface area contributed by atoms with Crippen molar-refractivity contribution < 1.29 is 0 Å². The molecular weight excluding hydrogens is 328 g/mol. The van der Waals surface area contributed by atoms with E-state index in [0.29, 0.717) is 5.88 Å². The number of hydrogen-bond acceptors (Lipinski definition) is 1. The second-order valence-electron chi connectivity index (χ2n) is 1.75. The van der Waals surface area contributed by atoms with Crippen molar-refractivity contribution in [1.82, 2.24) is 4.98 Å². The van der Waals surface area contributed by atoms with Crippen LogP contribution in [0.2, 0.25) is 0 Å². The number of hydrogen-bond donors (Lipinski definition) is 0. The maximum atomic E-state index is 5.62. The van der Waals surface area contributed by atoms with Crippen LogP contribution in [0.3, 0.4) is 0 Å². The molecule has 0 bridgehead atoms. The summed E-state index contributed by atoms with van der Waals surface area (Å²) in [5, 5.41) is 0. The van der Waals surface area contributed by atoms with Crippen LogP contribution >= 0.6 is 50.1 Å². The summed E-state index contributed by atoms with van der Waals surface area (Å²) in [5.41, 5.74) is 1.09. The molecule has 0 aliphatic carbocycles. The molecule has 54 valence electrons. The van der Waals surface area contributed by atoms with Gasteiger partial charge in [0.1, 0.15) is 8.30 Å². The molecule has 1 aromatic heterocycles. The first-order valence-electron chi connectivity index (χ1n) is 2.60. The van der Waals surface area contributed by atoms with Crippen LogP contribution in [0.4, 0.5) is 0 Å². The van der Waals surface area contributed by atoms with E-state index in [1.54, 1.807) is 0 Å². The fourth-order valence-electron chi connectivity index (χ4n) is 0.591. The van der Waals surface area contributed by atoms with Gasteiger partial charge in [-0.3, -0.25) is 0 Å². The van der Waals surface area contributed by atoms with E-state index in [0.717, 1.165) is 13.9 Å². The van der Waals surface area contributed by atoms with Crippen molar-refractivity contribution in [3.05, 3.63) is 26.0 Å². The van der Waals surface area contributed by atoms with E-state index < -0.39 is 0 Å². The zero-order chi connectivity index (χ0) is 7.56. The standard InChI is InChI=1S/C6H4BrClIN/c7-5-1-4(3-8)2-6(9)10-5/h1-2H,3H2. The second-order valence-corrected chi connectivity index (χ2v) is 3.94. The summed E-state index contributed by atoms with van der Waals surface area (Å²) in [6.07, 6.45) is 0. The Morgan fingerprint density at radius 3 is 2.80 bits per heavy atom. The number of aromatic nitrogens is 1. The monoisotopic (exact) mass is 331 g/mol. The molecule has 0 unspecified atom stereocenters. The average molecular weight is 332 g/mol. The smallest absolute Gasteiger partial charge is 0.107 e. The van der Waals surface area contributed by atoms with Crippen molar-refractivity contribution in [3.63, 3.8) is 0 Å². The van der Waals surface area contributed by atoms with E-state index in [2.05, 4.69) is 43.5 Å². The molecule has 10 heavy (non-hydrogen) atoms. The number of alkyl halides is 1. The molecule has 0 N–H and O–H groups in total. The molecule has 1 heterocycles. The van der Waals surface area contributed by atoms with Gasteiger partial charge in [-0.15, -0.1) is 11.6 Å². The van der Waals surface area contributed by atoms with E-state index in [9.17, 15) is 0 Å². The third-order valence-electron chi connectivity index (χ3n) is 0.977. The highest BCUT2D eigenvalue weighted by Crippen LogP contribution is 2.14. The van der Waals surface area contributed by atoms with Crippen molar-refractivity contribution in [3.8, 4) is 0 Å². The maximum Gasteiger partial charge on any atom is 0.107 e. The molecule has 1 aromatic rings. The molecule has 1 rings (SSSR count). The lowest BCUT2D eigenvalue weighted by Gasteiger charge is -1.96. The molecule has 0 fully saturated rings. The van der Waals surface area contributed by atoms with Gasteiger partial charge >= 0.3 is 0 Å². The second kappa shape index (κ2) is 3.88. The quantitative estimate of drug-likeness (QED) is 0.437. The van der Waals surface area contributed by atoms with E-state index in [4.69, 9.17) is 11.6 Å². The van der Waals surface area contributed by atoms with Crippen LogP contribution in [0.25, 0.3) is 0 Å². The van der Waals surface area contributed by atoms with Crippen LogP contribution in [0.1, 0.15) is 5.56 Å². The van der Waals surface area contributed by atoms with Crippen LogP contribution < -0.4 is 0 Å².